The number of aliphatic hydroxyl groups is 2. The Balaban J connectivity index is 3.36. The third-order valence-electron chi connectivity index (χ3n) is 6.94. The van der Waals surface area contributed by atoms with E-state index in [-0.39, 0.29) is 5.97 Å². The average molecular weight is 485 g/mol. The lowest BCUT2D eigenvalue weighted by molar-refractivity contribution is -0.143. The van der Waals surface area contributed by atoms with Crippen LogP contribution in [-0.2, 0) is 9.53 Å². The molecule has 0 radical (unpaired) electrons. The molecule has 0 bridgehead atoms. The Kier molecular flexibility index (Phi) is 26.5. The van der Waals surface area contributed by atoms with Gasteiger partial charge in [-0.15, -0.1) is 0 Å². The van der Waals surface area contributed by atoms with Crippen LogP contribution in [0, 0.1) is 0 Å². The van der Waals surface area contributed by atoms with E-state index in [9.17, 15) is 15.0 Å². The van der Waals surface area contributed by atoms with E-state index in [0.29, 0.717) is 25.9 Å². The molecule has 0 aliphatic carbocycles. The average Bonchev–Trinajstić information content (AvgIpc) is 2.83. The monoisotopic (exact) mass is 484 g/mol. The van der Waals surface area contributed by atoms with Gasteiger partial charge in [0.05, 0.1) is 18.8 Å². The molecule has 0 aliphatic heterocycles. The van der Waals surface area contributed by atoms with E-state index in [0.717, 1.165) is 51.4 Å². The Morgan fingerprint density at radius 2 is 0.882 bits per heavy atom. The van der Waals surface area contributed by atoms with E-state index >= 15 is 0 Å². The van der Waals surface area contributed by atoms with Gasteiger partial charge < -0.3 is 14.9 Å². The molecular formula is C30H60O4. The lowest BCUT2D eigenvalue weighted by atomic mass is 9.99. The third kappa shape index (κ3) is 24.5. The first-order valence-electron chi connectivity index (χ1n) is 15.1. The lowest BCUT2D eigenvalue weighted by Gasteiger charge is -2.17. The number of hydrogen-bond acceptors (Lipinski definition) is 4. The van der Waals surface area contributed by atoms with Crippen LogP contribution in [0.2, 0.25) is 0 Å². The fourth-order valence-corrected chi connectivity index (χ4v) is 4.52. The van der Waals surface area contributed by atoms with Gasteiger partial charge in [-0.2, -0.15) is 0 Å². The summed E-state index contributed by atoms with van der Waals surface area (Å²) in [5.41, 5.74) is 0. The van der Waals surface area contributed by atoms with Crippen molar-refractivity contribution in [1.82, 2.24) is 0 Å². The van der Waals surface area contributed by atoms with Crippen molar-refractivity contribution < 1.29 is 19.7 Å². The molecule has 34 heavy (non-hydrogen) atoms. The maximum Gasteiger partial charge on any atom is 0.305 e. The van der Waals surface area contributed by atoms with E-state index in [2.05, 4.69) is 13.8 Å². The fourth-order valence-electron chi connectivity index (χ4n) is 4.52. The number of carbonyl (C=O) groups is 1. The van der Waals surface area contributed by atoms with Crippen molar-refractivity contribution in [2.24, 2.45) is 0 Å². The Bertz CT molecular complexity index is 413. The molecule has 0 aliphatic rings. The summed E-state index contributed by atoms with van der Waals surface area (Å²) in [6.07, 6.45) is 25.9. The predicted molar refractivity (Wildman–Crippen MR) is 145 cm³/mol. The number of rotatable bonds is 27. The van der Waals surface area contributed by atoms with Gasteiger partial charge in [0.25, 0.3) is 0 Å². The fraction of sp³-hybridized carbons (Fsp3) is 0.967. The smallest absolute Gasteiger partial charge is 0.305 e. The number of aliphatic hydroxyl groups excluding tert-OH is 2. The Hall–Kier alpha value is -0.610. The van der Waals surface area contributed by atoms with Gasteiger partial charge in [-0.05, 0) is 25.7 Å². The molecule has 0 aromatic heterocycles. The van der Waals surface area contributed by atoms with E-state index in [1.165, 1.54) is 83.5 Å². The van der Waals surface area contributed by atoms with E-state index < -0.39 is 12.2 Å². The number of unbranched alkanes of at least 4 members (excludes halogenated alkanes) is 18. The van der Waals surface area contributed by atoms with Crippen LogP contribution < -0.4 is 0 Å². The van der Waals surface area contributed by atoms with Gasteiger partial charge in [-0.25, -0.2) is 0 Å². The van der Waals surface area contributed by atoms with Crippen LogP contribution in [0.5, 0.6) is 0 Å². The summed E-state index contributed by atoms with van der Waals surface area (Å²) >= 11 is 0. The molecule has 0 fully saturated rings. The minimum atomic E-state index is -0.587. The molecule has 0 heterocycles. The third-order valence-corrected chi connectivity index (χ3v) is 6.94. The standard InChI is InChI=1S/C30H60O4/c1-3-5-7-9-11-12-13-14-19-23-27-34-30(33)26-22-18-15-17-21-25-29(32)28(31)24-20-16-10-8-6-4-2/h28-29,31-32H,3-27H2,1-2H3. The summed E-state index contributed by atoms with van der Waals surface area (Å²) in [6.45, 7) is 5.05. The molecule has 0 aromatic rings. The summed E-state index contributed by atoms with van der Waals surface area (Å²) in [5.74, 6) is -0.0517. The highest BCUT2D eigenvalue weighted by Gasteiger charge is 2.15. The van der Waals surface area contributed by atoms with E-state index in [1.807, 2.05) is 0 Å². The topological polar surface area (TPSA) is 66.8 Å². The van der Waals surface area contributed by atoms with Crippen LogP contribution in [0.4, 0.5) is 0 Å². The summed E-state index contributed by atoms with van der Waals surface area (Å²) in [4.78, 5) is 11.8. The Labute approximate surface area is 212 Å². The van der Waals surface area contributed by atoms with Crippen molar-refractivity contribution in [3.8, 4) is 0 Å². The minimum absolute atomic E-state index is 0.0517. The highest BCUT2D eigenvalue weighted by molar-refractivity contribution is 5.69. The quantitative estimate of drug-likeness (QED) is 0.0904. The van der Waals surface area contributed by atoms with Gasteiger partial charge in [0, 0.05) is 6.42 Å². The van der Waals surface area contributed by atoms with Crippen molar-refractivity contribution in [3.63, 3.8) is 0 Å². The van der Waals surface area contributed by atoms with Crippen molar-refractivity contribution in [2.45, 2.75) is 180 Å². The molecule has 0 rings (SSSR count). The molecule has 2 atom stereocenters. The Morgan fingerprint density at radius 1 is 0.529 bits per heavy atom. The van der Waals surface area contributed by atoms with E-state index in [1.54, 1.807) is 0 Å². The zero-order valence-electron chi connectivity index (χ0n) is 23.0. The van der Waals surface area contributed by atoms with Crippen LogP contribution >= 0.6 is 0 Å². The summed E-state index contributed by atoms with van der Waals surface area (Å²) in [6, 6.07) is 0. The minimum Gasteiger partial charge on any atom is -0.466 e. The molecule has 0 saturated carbocycles. The van der Waals surface area contributed by atoms with Gasteiger partial charge in [0.2, 0.25) is 0 Å². The number of hydrogen-bond donors (Lipinski definition) is 2. The SMILES string of the molecule is CCCCCCCCCCCCOC(=O)CCCCCCCC(O)C(O)CCCCCCCC. The summed E-state index contributed by atoms with van der Waals surface area (Å²) in [7, 11) is 0. The van der Waals surface area contributed by atoms with E-state index in [4.69, 9.17) is 4.74 Å². The number of ether oxygens (including phenoxy) is 1. The molecule has 0 saturated heterocycles. The summed E-state index contributed by atoms with van der Waals surface area (Å²) < 4.78 is 5.36. The normalized spacial score (nSPS) is 13.2. The molecule has 0 spiro atoms. The predicted octanol–water partition coefficient (Wildman–Crippen LogP) is 8.65. The van der Waals surface area contributed by atoms with Crippen molar-refractivity contribution in [2.75, 3.05) is 6.61 Å². The molecule has 0 amide bonds. The van der Waals surface area contributed by atoms with Crippen molar-refractivity contribution in [3.05, 3.63) is 0 Å². The molecule has 2 N–H and O–H groups in total. The zero-order valence-corrected chi connectivity index (χ0v) is 23.0. The maximum absolute atomic E-state index is 11.8. The van der Waals surface area contributed by atoms with Crippen LogP contribution in [0.3, 0.4) is 0 Å². The van der Waals surface area contributed by atoms with Gasteiger partial charge in [0.1, 0.15) is 0 Å². The van der Waals surface area contributed by atoms with Crippen LogP contribution in [0.25, 0.3) is 0 Å². The van der Waals surface area contributed by atoms with Gasteiger partial charge in [0.15, 0.2) is 0 Å². The van der Waals surface area contributed by atoms with Crippen LogP contribution in [-0.4, -0.2) is 35.0 Å². The van der Waals surface area contributed by atoms with Crippen LogP contribution in [0.15, 0.2) is 0 Å². The zero-order chi connectivity index (χ0) is 25.1. The van der Waals surface area contributed by atoms with Gasteiger partial charge >= 0.3 is 5.97 Å². The van der Waals surface area contributed by atoms with Gasteiger partial charge in [-0.1, -0.05) is 136 Å². The van der Waals surface area contributed by atoms with Gasteiger partial charge in [-0.3, -0.25) is 4.79 Å². The van der Waals surface area contributed by atoms with Crippen molar-refractivity contribution >= 4 is 5.97 Å². The highest BCUT2D eigenvalue weighted by Crippen LogP contribution is 2.15. The molecule has 4 heteroatoms. The second kappa shape index (κ2) is 27.0. The maximum atomic E-state index is 11.8. The molecule has 0 aromatic carbocycles. The number of esters is 1. The molecule has 4 nitrogen and oxygen atoms in total. The second-order valence-electron chi connectivity index (χ2n) is 10.4. The first-order chi connectivity index (χ1) is 16.6. The van der Waals surface area contributed by atoms with Crippen LogP contribution in [0.1, 0.15) is 168 Å². The molecule has 204 valence electrons. The first-order valence-corrected chi connectivity index (χ1v) is 15.1. The largest absolute Gasteiger partial charge is 0.466 e. The molecule has 2 unspecified atom stereocenters. The first kappa shape index (κ1) is 33.4. The molecular weight excluding hydrogens is 424 g/mol. The second-order valence-corrected chi connectivity index (χ2v) is 10.4. The van der Waals surface area contributed by atoms with Crippen molar-refractivity contribution in [1.29, 1.82) is 0 Å². The summed E-state index contributed by atoms with van der Waals surface area (Å²) in [5, 5.41) is 20.2. The highest BCUT2D eigenvalue weighted by atomic mass is 16.5. The number of carbonyl (C=O) groups excluding carboxylic acids is 1. The lowest BCUT2D eigenvalue weighted by Crippen LogP contribution is -2.25. The Morgan fingerprint density at radius 3 is 1.32 bits per heavy atom.